The van der Waals surface area contributed by atoms with Crippen LogP contribution in [0, 0.1) is 0 Å². The fourth-order valence-electron chi connectivity index (χ4n) is 9.91. The van der Waals surface area contributed by atoms with Gasteiger partial charge in [-0.05, 0) is 85.5 Å². The molecule has 58 heavy (non-hydrogen) atoms. The second-order valence-corrected chi connectivity index (χ2v) is 15.4. The van der Waals surface area contributed by atoms with E-state index >= 15 is 0 Å². The maximum atomic E-state index is 6.77. The van der Waals surface area contributed by atoms with Gasteiger partial charge in [-0.15, -0.1) is 0 Å². The highest BCUT2D eigenvalue weighted by atomic mass is 16.3. The molecule has 0 aliphatic heterocycles. The van der Waals surface area contributed by atoms with Crippen LogP contribution in [0.5, 0.6) is 0 Å². The van der Waals surface area contributed by atoms with Crippen LogP contribution < -0.4 is 0 Å². The summed E-state index contributed by atoms with van der Waals surface area (Å²) in [4.78, 5) is 5.33. The Balaban J connectivity index is 1.10. The first-order chi connectivity index (χ1) is 28.8. The van der Waals surface area contributed by atoms with E-state index in [1.807, 2.05) is 0 Å². The van der Waals surface area contributed by atoms with E-state index < -0.39 is 5.41 Å². The van der Waals surface area contributed by atoms with Crippen molar-refractivity contribution in [2.24, 2.45) is 0 Å². The molecule has 0 bridgehead atoms. The van der Waals surface area contributed by atoms with Gasteiger partial charge in [-0.1, -0.05) is 188 Å². The number of benzene rings is 8. The number of hydrogen-bond donors (Lipinski definition) is 0. The average Bonchev–Trinajstić information content (AvgIpc) is 3.93. The van der Waals surface area contributed by atoms with Gasteiger partial charge < -0.3 is 4.42 Å². The van der Waals surface area contributed by atoms with Gasteiger partial charge in [0, 0.05) is 27.6 Å². The number of fused-ring (bicyclic) bond motifs is 12. The van der Waals surface area contributed by atoms with Crippen LogP contribution in [0.2, 0.25) is 0 Å². The van der Waals surface area contributed by atoms with Crippen molar-refractivity contribution in [3.8, 4) is 78.3 Å². The molecule has 2 aromatic heterocycles. The molecule has 0 N–H and O–H groups in total. The third kappa shape index (κ3) is 4.69. The molecule has 0 amide bonds. The van der Waals surface area contributed by atoms with Crippen molar-refractivity contribution >= 4 is 11.0 Å². The quantitative estimate of drug-likeness (QED) is 0.176. The Morgan fingerprint density at radius 3 is 1.67 bits per heavy atom. The van der Waals surface area contributed by atoms with E-state index in [0.717, 1.165) is 55.9 Å². The number of para-hydroxylation sites is 1. The molecule has 8 aromatic carbocycles. The molecule has 2 aliphatic rings. The van der Waals surface area contributed by atoms with Crippen molar-refractivity contribution in [3.63, 3.8) is 0 Å². The molecule has 2 heteroatoms. The Kier molecular flexibility index (Phi) is 7.18. The summed E-state index contributed by atoms with van der Waals surface area (Å²) >= 11 is 0. The van der Waals surface area contributed by atoms with Gasteiger partial charge in [0.1, 0.15) is 11.3 Å². The summed E-state index contributed by atoms with van der Waals surface area (Å²) < 4.78 is 6.77. The second-order valence-electron chi connectivity index (χ2n) is 15.4. The van der Waals surface area contributed by atoms with E-state index in [-0.39, 0.29) is 0 Å². The molecule has 270 valence electrons. The van der Waals surface area contributed by atoms with Gasteiger partial charge in [0.2, 0.25) is 0 Å². The minimum atomic E-state index is -0.524. The Labute approximate surface area is 337 Å². The molecule has 0 saturated heterocycles. The molecule has 0 radical (unpaired) electrons. The summed E-state index contributed by atoms with van der Waals surface area (Å²) in [6, 6.07) is 76.6. The summed E-state index contributed by atoms with van der Waals surface area (Å²) in [6.07, 6.45) is 0. The summed E-state index contributed by atoms with van der Waals surface area (Å²) in [5.74, 6) is 0.972. The molecule has 2 aliphatic carbocycles. The van der Waals surface area contributed by atoms with E-state index in [1.165, 1.54) is 55.6 Å². The molecule has 2 heterocycles. The van der Waals surface area contributed by atoms with Gasteiger partial charge in [-0.2, -0.15) is 0 Å². The lowest BCUT2D eigenvalue weighted by Gasteiger charge is -2.30. The smallest absolute Gasteiger partial charge is 0.140 e. The number of pyridine rings is 1. The molecule has 0 saturated carbocycles. The van der Waals surface area contributed by atoms with Crippen LogP contribution in [0.15, 0.2) is 217 Å². The van der Waals surface area contributed by atoms with Gasteiger partial charge in [-0.25, -0.2) is 4.98 Å². The summed E-state index contributed by atoms with van der Waals surface area (Å²) in [5.41, 5.74) is 20.3. The Hall–Kier alpha value is -7.55. The van der Waals surface area contributed by atoms with Crippen LogP contribution >= 0.6 is 0 Å². The zero-order valence-electron chi connectivity index (χ0n) is 31.6. The van der Waals surface area contributed by atoms with Crippen LogP contribution in [0.1, 0.15) is 22.3 Å². The van der Waals surface area contributed by atoms with Crippen molar-refractivity contribution < 1.29 is 4.42 Å². The van der Waals surface area contributed by atoms with Crippen molar-refractivity contribution in [2.75, 3.05) is 0 Å². The Morgan fingerprint density at radius 1 is 0.345 bits per heavy atom. The van der Waals surface area contributed by atoms with Crippen LogP contribution in [0.25, 0.3) is 89.3 Å². The molecule has 12 rings (SSSR count). The van der Waals surface area contributed by atoms with Crippen molar-refractivity contribution in [3.05, 3.63) is 235 Å². The topological polar surface area (TPSA) is 26.0 Å². The SMILES string of the molecule is c1ccc(-c2cccc(-c3cc(-c4ccccc4-c4cccc5c4-c4ccccc4C54c5ccccc5-c5oc6ccccc6c54)cc(-c4ccccc4)n3)c2)cc1. The Bertz CT molecular complexity index is 3230. The number of nitrogens with zero attached hydrogens (tertiary/aromatic N) is 1. The molecule has 1 spiro atoms. The fraction of sp³-hybridized carbons (Fsp3) is 0.0179. The van der Waals surface area contributed by atoms with E-state index in [9.17, 15) is 0 Å². The molecular weight excluding hydrogens is 703 g/mol. The molecule has 2 nitrogen and oxygen atoms in total. The van der Waals surface area contributed by atoms with Gasteiger partial charge in [0.25, 0.3) is 0 Å². The third-order valence-electron chi connectivity index (χ3n) is 12.3. The molecular formula is C56H35NO. The summed E-state index contributed by atoms with van der Waals surface area (Å²) in [6.45, 7) is 0. The van der Waals surface area contributed by atoms with Crippen molar-refractivity contribution in [2.45, 2.75) is 5.41 Å². The van der Waals surface area contributed by atoms with Crippen molar-refractivity contribution in [1.29, 1.82) is 0 Å². The number of rotatable bonds is 5. The van der Waals surface area contributed by atoms with E-state index in [1.54, 1.807) is 0 Å². The highest BCUT2D eigenvalue weighted by molar-refractivity contribution is 6.05. The number of aromatic nitrogens is 1. The maximum Gasteiger partial charge on any atom is 0.140 e. The summed E-state index contributed by atoms with van der Waals surface area (Å²) in [5, 5.41) is 1.16. The number of hydrogen-bond acceptors (Lipinski definition) is 2. The zero-order valence-corrected chi connectivity index (χ0v) is 31.6. The molecule has 10 aromatic rings. The minimum Gasteiger partial charge on any atom is -0.456 e. The van der Waals surface area contributed by atoms with Gasteiger partial charge in [0.05, 0.1) is 16.8 Å². The van der Waals surface area contributed by atoms with Gasteiger partial charge in [0.15, 0.2) is 0 Å². The van der Waals surface area contributed by atoms with Gasteiger partial charge >= 0.3 is 0 Å². The standard InChI is InChI=1S/C56H35NO/c1-3-17-36(18-4-1)38-21-15-22-39(33-38)51-35-40(34-50(57-51)37-19-5-2-6-20-37)41-23-7-8-24-42(41)43-28-16-31-49-53(43)44-25-9-12-29-47(44)56(49)48-30-13-10-26-45(48)55-54(56)46-27-11-14-32-52(46)58-55/h1-35H. The first kappa shape index (κ1) is 32.7. The fourth-order valence-corrected chi connectivity index (χ4v) is 9.91. The summed E-state index contributed by atoms with van der Waals surface area (Å²) in [7, 11) is 0. The average molecular weight is 738 g/mol. The Morgan fingerprint density at radius 2 is 0.879 bits per heavy atom. The third-order valence-corrected chi connectivity index (χ3v) is 12.3. The predicted molar refractivity (Wildman–Crippen MR) is 237 cm³/mol. The van der Waals surface area contributed by atoms with E-state index in [2.05, 4.69) is 212 Å². The highest BCUT2D eigenvalue weighted by Crippen LogP contribution is 2.66. The van der Waals surface area contributed by atoms with E-state index in [4.69, 9.17) is 9.40 Å². The van der Waals surface area contributed by atoms with Crippen LogP contribution in [-0.4, -0.2) is 4.98 Å². The lowest BCUT2D eigenvalue weighted by molar-refractivity contribution is 0.628. The highest BCUT2D eigenvalue weighted by Gasteiger charge is 2.54. The zero-order chi connectivity index (χ0) is 38.2. The van der Waals surface area contributed by atoms with Crippen molar-refractivity contribution in [1.82, 2.24) is 4.98 Å². The van der Waals surface area contributed by atoms with Crippen LogP contribution in [-0.2, 0) is 5.41 Å². The second kappa shape index (κ2) is 12.7. The van der Waals surface area contributed by atoms with E-state index in [0.29, 0.717) is 0 Å². The van der Waals surface area contributed by atoms with Crippen LogP contribution in [0.4, 0.5) is 0 Å². The largest absolute Gasteiger partial charge is 0.456 e. The monoisotopic (exact) mass is 737 g/mol. The molecule has 1 atom stereocenters. The van der Waals surface area contributed by atoms with Gasteiger partial charge in [-0.3, -0.25) is 0 Å². The molecule has 1 unspecified atom stereocenters. The molecule has 0 fully saturated rings. The number of furan rings is 1. The lowest BCUT2D eigenvalue weighted by Crippen LogP contribution is -2.25. The lowest BCUT2D eigenvalue weighted by atomic mass is 9.70. The predicted octanol–water partition coefficient (Wildman–Crippen LogP) is 14.5. The first-order valence-corrected chi connectivity index (χ1v) is 20.0. The first-order valence-electron chi connectivity index (χ1n) is 20.0. The van der Waals surface area contributed by atoms with Crippen LogP contribution in [0.3, 0.4) is 0 Å². The maximum absolute atomic E-state index is 6.77. The normalized spacial score (nSPS) is 14.6. The minimum absolute atomic E-state index is 0.524.